The van der Waals surface area contributed by atoms with Gasteiger partial charge in [0.2, 0.25) is 0 Å². The van der Waals surface area contributed by atoms with Gasteiger partial charge in [0.15, 0.2) is 16.6 Å². The predicted octanol–water partition coefficient (Wildman–Crippen LogP) is 7.44. The minimum absolute atomic E-state index is 0.0335. The molecule has 42 heavy (non-hydrogen) atoms. The molecule has 1 saturated heterocycles. The van der Waals surface area contributed by atoms with Crippen molar-refractivity contribution in [3.05, 3.63) is 58.1 Å². The molecule has 0 radical (unpaired) electrons. The molecular formula is C32H55N3O5Si2. The van der Waals surface area contributed by atoms with Gasteiger partial charge in [-0.05, 0) is 47.7 Å². The zero-order valence-electron chi connectivity index (χ0n) is 28.0. The van der Waals surface area contributed by atoms with E-state index in [0.717, 1.165) is 5.56 Å². The molecule has 10 heteroatoms. The molecule has 1 aliphatic heterocycles. The molecule has 2 aromatic rings. The Balaban J connectivity index is 1.87. The summed E-state index contributed by atoms with van der Waals surface area (Å²) in [7, 11) is -4.15. The Labute approximate surface area is 255 Å². The molecule has 0 bridgehead atoms. The molecule has 8 nitrogen and oxygen atoms in total. The number of rotatable bonds is 11. The van der Waals surface area contributed by atoms with E-state index >= 15 is 0 Å². The largest absolute Gasteiger partial charge is 0.414 e. The summed E-state index contributed by atoms with van der Waals surface area (Å²) in [6, 6.07) is 10.1. The van der Waals surface area contributed by atoms with Crippen molar-refractivity contribution < 1.29 is 18.3 Å². The monoisotopic (exact) mass is 617 g/mol. The second kappa shape index (κ2) is 13.0. The van der Waals surface area contributed by atoms with E-state index in [0.29, 0.717) is 18.6 Å². The number of aromatic nitrogens is 2. The molecule has 1 fully saturated rings. The topological polar surface area (TPSA) is 97.8 Å². The van der Waals surface area contributed by atoms with Crippen LogP contribution in [-0.4, -0.2) is 45.0 Å². The third-order valence-corrected chi connectivity index (χ3v) is 18.4. The first-order valence-corrected chi connectivity index (χ1v) is 21.1. The van der Waals surface area contributed by atoms with E-state index in [1.54, 1.807) is 10.8 Å². The summed E-state index contributed by atoms with van der Waals surface area (Å²) in [5.41, 5.74) is 7.54. The zero-order valence-corrected chi connectivity index (χ0v) is 30.0. The fourth-order valence-electron chi connectivity index (χ4n) is 4.54. The van der Waals surface area contributed by atoms with Crippen LogP contribution in [0, 0.1) is 5.92 Å². The van der Waals surface area contributed by atoms with Gasteiger partial charge in [-0.2, -0.15) is 4.98 Å². The van der Waals surface area contributed by atoms with Crippen molar-refractivity contribution in [3.8, 4) is 0 Å². The van der Waals surface area contributed by atoms with Crippen LogP contribution in [0.1, 0.15) is 85.3 Å². The minimum atomic E-state index is -2.12. The van der Waals surface area contributed by atoms with Gasteiger partial charge in [0.1, 0.15) is 18.1 Å². The van der Waals surface area contributed by atoms with Crippen molar-refractivity contribution in [2.24, 2.45) is 5.92 Å². The smallest absolute Gasteiger partial charge is 0.351 e. The van der Waals surface area contributed by atoms with E-state index < -0.39 is 28.6 Å². The highest BCUT2D eigenvalue weighted by molar-refractivity contribution is 6.74. The van der Waals surface area contributed by atoms with Crippen molar-refractivity contribution in [2.75, 3.05) is 12.3 Å². The Morgan fingerprint density at radius 3 is 2.17 bits per heavy atom. The van der Waals surface area contributed by atoms with Gasteiger partial charge in [0.25, 0.3) is 0 Å². The highest BCUT2D eigenvalue weighted by atomic mass is 28.4. The lowest BCUT2D eigenvalue weighted by Crippen LogP contribution is -2.48. The number of hydrogen-bond donors (Lipinski definition) is 1. The van der Waals surface area contributed by atoms with Crippen LogP contribution in [0.2, 0.25) is 36.3 Å². The Hall–Kier alpha value is -1.83. The van der Waals surface area contributed by atoms with E-state index in [1.807, 2.05) is 18.2 Å². The Morgan fingerprint density at radius 2 is 1.62 bits per heavy atom. The van der Waals surface area contributed by atoms with E-state index in [4.69, 9.17) is 24.1 Å². The number of ether oxygens (including phenoxy) is 2. The van der Waals surface area contributed by atoms with Gasteiger partial charge in [-0.1, -0.05) is 85.7 Å². The molecule has 0 spiro atoms. The molecule has 2 heterocycles. The number of nitrogens with two attached hydrogens (primary N) is 1. The van der Waals surface area contributed by atoms with Crippen LogP contribution in [0.5, 0.6) is 0 Å². The first-order valence-electron chi connectivity index (χ1n) is 15.2. The van der Waals surface area contributed by atoms with Gasteiger partial charge >= 0.3 is 5.69 Å². The molecule has 0 saturated carbocycles. The van der Waals surface area contributed by atoms with Gasteiger partial charge < -0.3 is 24.1 Å². The highest BCUT2D eigenvalue weighted by Crippen LogP contribution is 2.42. The number of hydrogen-bond acceptors (Lipinski definition) is 7. The third-order valence-electron chi connectivity index (χ3n) is 9.37. The second-order valence-corrected chi connectivity index (χ2v) is 24.6. The molecule has 1 unspecified atom stereocenters. The summed E-state index contributed by atoms with van der Waals surface area (Å²) in [4.78, 5) is 17.3. The van der Waals surface area contributed by atoms with Gasteiger partial charge in [-0.3, -0.25) is 4.57 Å². The van der Waals surface area contributed by atoms with Gasteiger partial charge in [0, 0.05) is 18.2 Å². The predicted molar refractivity (Wildman–Crippen MR) is 175 cm³/mol. The third kappa shape index (κ3) is 8.21. The number of anilines is 1. The maximum absolute atomic E-state index is 13.1. The highest BCUT2D eigenvalue weighted by Gasteiger charge is 2.47. The average Bonchev–Trinajstić information content (AvgIpc) is 3.24. The summed E-state index contributed by atoms with van der Waals surface area (Å²) in [6.45, 7) is 27.3. The SMILES string of the molecule is CC(C)C(OCc1cn([C@H]2C[C@@H](O[Si](C)(C)C(C)(C)C)[C@@H](CO[Si](C)(C)C(C)(C)C)O2)c(=O)nc1N)c1ccccc1. The molecular weight excluding hydrogens is 563 g/mol. The lowest BCUT2D eigenvalue weighted by Gasteiger charge is -2.40. The van der Waals surface area contributed by atoms with Crippen LogP contribution < -0.4 is 11.4 Å². The summed E-state index contributed by atoms with van der Waals surface area (Å²) in [5, 5.41) is 0.104. The molecule has 0 amide bonds. The average molecular weight is 618 g/mol. The molecule has 1 aromatic heterocycles. The minimum Gasteiger partial charge on any atom is -0.414 e. The molecule has 1 aromatic carbocycles. The Bertz CT molecular complexity index is 1240. The summed E-state index contributed by atoms with van der Waals surface area (Å²) < 4.78 is 28.0. The van der Waals surface area contributed by atoms with Crippen LogP contribution in [0.15, 0.2) is 41.3 Å². The van der Waals surface area contributed by atoms with E-state index in [1.165, 1.54) is 0 Å². The fraction of sp³-hybridized carbons (Fsp3) is 0.688. The summed E-state index contributed by atoms with van der Waals surface area (Å²) in [6.07, 6.45) is 1.12. The molecule has 4 atom stereocenters. The molecule has 3 rings (SSSR count). The van der Waals surface area contributed by atoms with E-state index in [9.17, 15) is 4.79 Å². The summed E-state index contributed by atoms with van der Waals surface area (Å²) in [5.74, 6) is 0.428. The van der Waals surface area contributed by atoms with Crippen molar-refractivity contribution in [1.82, 2.24) is 9.55 Å². The second-order valence-electron chi connectivity index (χ2n) is 15.1. The van der Waals surface area contributed by atoms with Crippen molar-refractivity contribution in [2.45, 2.75) is 129 Å². The maximum atomic E-state index is 13.1. The zero-order chi connectivity index (χ0) is 31.7. The van der Waals surface area contributed by atoms with Crippen molar-refractivity contribution in [1.29, 1.82) is 0 Å². The van der Waals surface area contributed by atoms with Gasteiger partial charge in [-0.25, -0.2) is 4.79 Å². The van der Waals surface area contributed by atoms with Crippen molar-refractivity contribution in [3.63, 3.8) is 0 Å². The normalized spacial score (nSPS) is 21.2. The van der Waals surface area contributed by atoms with Gasteiger partial charge in [-0.15, -0.1) is 0 Å². The summed E-state index contributed by atoms with van der Waals surface area (Å²) >= 11 is 0. The van der Waals surface area contributed by atoms with Crippen LogP contribution in [0.3, 0.4) is 0 Å². The van der Waals surface area contributed by atoms with E-state index in [-0.39, 0.29) is 46.7 Å². The molecule has 0 aliphatic carbocycles. The van der Waals surface area contributed by atoms with Gasteiger partial charge in [0.05, 0.1) is 25.4 Å². The number of nitrogens with zero attached hydrogens (tertiary/aromatic N) is 2. The Morgan fingerprint density at radius 1 is 1.02 bits per heavy atom. The van der Waals surface area contributed by atoms with Crippen LogP contribution >= 0.6 is 0 Å². The Kier molecular flexibility index (Phi) is 10.8. The van der Waals surface area contributed by atoms with Crippen LogP contribution in [0.25, 0.3) is 0 Å². The number of nitrogen functional groups attached to an aromatic ring is 1. The van der Waals surface area contributed by atoms with Crippen molar-refractivity contribution >= 4 is 22.5 Å². The lowest BCUT2D eigenvalue weighted by atomic mass is 9.99. The molecule has 2 N–H and O–H groups in total. The van der Waals surface area contributed by atoms with Crippen LogP contribution in [-0.2, 0) is 24.9 Å². The standard InChI is InChI=1S/C32H55N3O5Si2/c1-22(2)28(23-16-14-13-15-17-23)37-20-24-19-35(30(36)34-29(24)33)27-18-25(40-42(11,12)32(6,7)8)26(39-27)21-38-41(9,10)31(3,4)5/h13-17,19,22,25-28H,18,20-21H2,1-12H3,(H2,33,34,36)/t25-,26-,27-,28?/m1/s1. The first kappa shape index (κ1) is 34.7. The van der Waals surface area contributed by atoms with Crippen LogP contribution in [0.4, 0.5) is 5.82 Å². The molecule has 1 aliphatic rings. The maximum Gasteiger partial charge on any atom is 0.351 e. The lowest BCUT2D eigenvalue weighted by molar-refractivity contribution is -0.0416. The van der Waals surface area contributed by atoms with E-state index in [2.05, 4.69) is 98.7 Å². The number of benzene rings is 1. The quantitative estimate of drug-likeness (QED) is 0.262. The fourth-order valence-corrected chi connectivity index (χ4v) is 6.91. The first-order chi connectivity index (χ1) is 19.2. The molecule has 236 valence electrons.